The summed E-state index contributed by atoms with van der Waals surface area (Å²) in [5.74, 6) is -0.820. The van der Waals surface area contributed by atoms with E-state index in [1.807, 2.05) is 62.4 Å². The average molecular weight is 384 g/mol. The lowest BCUT2D eigenvalue weighted by Gasteiger charge is -2.16. The number of hydrogen-bond donors (Lipinski definition) is 1. The summed E-state index contributed by atoms with van der Waals surface area (Å²) in [6.07, 6.45) is 0. The van der Waals surface area contributed by atoms with Crippen molar-refractivity contribution in [2.75, 3.05) is 12.4 Å². The number of hydrogen-bond acceptors (Lipinski definition) is 6. The molecule has 0 aliphatic carbocycles. The van der Waals surface area contributed by atoms with E-state index in [1.165, 1.54) is 0 Å². The summed E-state index contributed by atoms with van der Waals surface area (Å²) in [7, 11) is 0. The minimum Gasteiger partial charge on any atom is -0.455 e. The van der Waals surface area contributed by atoms with E-state index in [-0.39, 0.29) is 24.3 Å². The zero-order chi connectivity index (χ0) is 19.2. The Balaban J connectivity index is 1.43. The first kappa shape index (κ1) is 19.0. The third-order valence-corrected chi connectivity index (χ3v) is 4.79. The van der Waals surface area contributed by atoms with Gasteiger partial charge in [-0.3, -0.25) is 9.59 Å². The van der Waals surface area contributed by atoms with Crippen LogP contribution in [0.25, 0.3) is 11.1 Å². The van der Waals surface area contributed by atoms with Gasteiger partial charge in [0.2, 0.25) is 0 Å². The highest BCUT2D eigenvalue weighted by molar-refractivity contribution is 7.99. The number of aromatic nitrogens is 1. The van der Waals surface area contributed by atoms with Gasteiger partial charge in [0, 0.05) is 0 Å². The standard InChI is InChI=1S/C20H20N2O4S/c1-13-7-3-4-8-15(13)14(2)21-18(23)11-25-19(24)12-27-20-22-16-9-5-6-10-17(16)26-20/h3-10,14H,11-12H2,1-2H3,(H,21,23). The molecule has 1 aromatic heterocycles. The van der Waals surface area contributed by atoms with Crippen molar-refractivity contribution in [2.24, 2.45) is 0 Å². The molecule has 0 bridgehead atoms. The number of amides is 1. The van der Waals surface area contributed by atoms with Crippen LogP contribution in [-0.4, -0.2) is 29.2 Å². The largest absolute Gasteiger partial charge is 0.455 e. The fourth-order valence-corrected chi connectivity index (χ4v) is 3.29. The molecule has 6 nitrogen and oxygen atoms in total. The quantitative estimate of drug-likeness (QED) is 0.495. The van der Waals surface area contributed by atoms with Gasteiger partial charge >= 0.3 is 5.97 Å². The van der Waals surface area contributed by atoms with E-state index in [9.17, 15) is 9.59 Å². The Bertz CT molecular complexity index is 921. The summed E-state index contributed by atoms with van der Waals surface area (Å²) in [5, 5.41) is 3.22. The molecule has 2 aromatic carbocycles. The number of fused-ring (bicyclic) bond motifs is 1. The Morgan fingerprint density at radius 3 is 2.70 bits per heavy atom. The van der Waals surface area contributed by atoms with Gasteiger partial charge in [-0.05, 0) is 37.1 Å². The van der Waals surface area contributed by atoms with Gasteiger partial charge in [0.1, 0.15) is 11.3 Å². The number of rotatable bonds is 7. The molecule has 0 saturated heterocycles. The highest BCUT2D eigenvalue weighted by atomic mass is 32.2. The SMILES string of the molecule is Cc1ccccc1C(C)NC(=O)COC(=O)CSc1nc2ccccc2o1. The van der Waals surface area contributed by atoms with E-state index < -0.39 is 5.97 Å². The molecule has 0 fully saturated rings. The zero-order valence-electron chi connectivity index (χ0n) is 15.1. The molecule has 7 heteroatoms. The smallest absolute Gasteiger partial charge is 0.316 e. The van der Waals surface area contributed by atoms with Crippen LogP contribution in [0, 0.1) is 6.92 Å². The predicted molar refractivity (Wildman–Crippen MR) is 103 cm³/mol. The van der Waals surface area contributed by atoms with Crippen LogP contribution in [0.15, 0.2) is 58.2 Å². The molecule has 1 atom stereocenters. The van der Waals surface area contributed by atoms with Crippen LogP contribution in [0.2, 0.25) is 0 Å². The number of aryl methyl sites for hydroxylation is 1. The third-order valence-electron chi connectivity index (χ3n) is 3.98. The molecule has 1 N–H and O–H groups in total. The summed E-state index contributed by atoms with van der Waals surface area (Å²) >= 11 is 1.13. The number of esters is 1. The second-order valence-corrected chi connectivity index (χ2v) is 6.97. The van der Waals surface area contributed by atoms with Gasteiger partial charge in [0.15, 0.2) is 12.2 Å². The third kappa shape index (κ3) is 5.10. The summed E-state index contributed by atoms with van der Waals surface area (Å²) in [4.78, 5) is 28.1. The summed E-state index contributed by atoms with van der Waals surface area (Å²) in [5.41, 5.74) is 3.52. The van der Waals surface area contributed by atoms with Gasteiger partial charge in [-0.25, -0.2) is 4.98 Å². The van der Waals surface area contributed by atoms with Gasteiger partial charge in [-0.2, -0.15) is 0 Å². The molecule has 0 spiro atoms. The number of thioether (sulfide) groups is 1. The fourth-order valence-electron chi connectivity index (χ4n) is 2.65. The van der Waals surface area contributed by atoms with Crippen LogP contribution in [0.3, 0.4) is 0 Å². The van der Waals surface area contributed by atoms with Gasteiger partial charge < -0.3 is 14.5 Å². The van der Waals surface area contributed by atoms with E-state index in [4.69, 9.17) is 9.15 Å². The second kappa shape index (κ2) is 8.73. The Morgan fingerprint density at radius 2 is 1.93 bits per heavy atom. The van der Waals surface area contributed by atoms with Gasteiger partial charge in [0.05, 0.1) is 6.04 Å². The van der Waals surface area contributed by atoms with Crippen LogP contribution >= 0.6 is 11.8 Å². The summed E-state index contributed by atoms with van der Waals surface area (Å²) in [6.45, 7) is 3.57. The molecule has 0 saturated carbocycles. The fraction of sp³-hybridized carbons (Fsp3) is 0.250. The Kier molecular flexibility index (Phi) is 6.13. The van der Waals surface area contributed by atoms with Crippen LogP contribution in [0.1, 0.15) is 24.1 Å². The number of benzene rings is 2. The molecule has 0 aliphatic heterocycles. The second-order valence-electron chi connectivity index (χ2n) is 6.04. The normalized spacial score (nSPS) is 11.9. The number of carbonyl (C=O) groups is 2. The molecule has 1 unspecified atom stereocenters. The van der Waals surface area contributed by atoms with Gasteiger partial charge in [0.25, 0.3) is 11.1 Å². The van der Waals surface area contributed by atoms with Gasteiger partial charge in [-0.1, -0.05) is 48.2 Å². The Hall–Kier alpha value is -2.80. The van der Waals surface area contributed by atoms with Crippen LogP contribution < -0.4 is 5.32 Å². The van der Waals surface area contributed by atoms with Crippen molar-refractivity contribution in [3.05, 3.63) is 59.7 Å². The maximum Gasteiger partial charge on any atom is 0.316 e. The number of nitrogens with zero attached hydrogens (tertiary/aromatic N) is 1. The summed E-state index contributed by atoms with van der Waals surface area (Å²) in [6, 6.07) is 15.0. The van der Waals surface area contributed by atoms with Crippen molar-refractivity contribution in [2.45, 2.75) is 25.1 Å². The lowest BCUT2D eigenvalue weighted by atomic mass is 10.0. The van der Waals surface area contributed by atoms with Crippen molar-refractivity contribution in [1.82, 2.24) is 10.3 Å². The number of nitrogens with one attached hydrogen (secondary N) is 1. The topological polar surface area (TPSA) is 81.4 Å². The minimum absolute atomic E-state index is 0.0213. The van der Waals surface area contributed by atoms with Crippen molar-refractivity contribution in [1.29, 1.82) is 0 Å². The van der Waals surface area contributed by atoms with E-state index >= 15 is 0 Å². The predicted octanol–water partition coefficient (Wildman–Crippen LogP) is 3.65. The molecule has 27 heavy (non-hydrogen) atoms. The maximum absolute atomic E-state index is 12.0. The van der Waals surface area contributed by atoms with Crippen LogP contribution in [0.4, 0.5) is 0 Å². The molecule has 3 aromatic rings. The highest BCUT2D eigenvalue weighted by Crippen LogP contribution is 2.23. The molecular weight excluding hydrogens is 364 g/mol. The van der Waals surface area contributed by atoms with Crippen LogP contribution in [0.5, 0.6) is 0 Å². The number of para-hydroxylation sites is 2. The molecular formula is C20H20N2O4S. The van der Waals surface area contributed by atoms with Crippen molar-refractivity contribution in [3.8, 4) is 0 Å². The lowest BCUT2D eigenvalue weighted by Crippen LogP contribution is -2.31. The number of ether oxygens (including phenoxy) is 1. The van der Waals surface area contributed by atoms with Gasteiger partial charge in [-0.15, -0.1) is 0 Å². The molecule has 1 heterocycles. The first-order chi connectivity index (χ1) is 13.0. The zero-order valence-corrected chi connectivity index (χ0v) is 15.9. The Labute approximate surface area is 161 Å². The summed E-state index contributed by atoms with van der Waals surface area (Å²) < 4.78 is 10.5. The molecule has 140 valence electrons. The minimum atomic E-state index is -0.499. The first-order valence-corrected chi connectivity index (χ1v) is 9.50. The van der Waals surface area contributed by atoms with E-state index in [2.05, 4.69) is 10.3 Å². The van der Waals surface area contributed by atoms with Crippen molar-refractivity contribution >= 4 is 34.7 Å². The van der Waals surface area contributed by atoms with Crippen LogP contribution in [-0.2, 0) is 14.3 Å². The number of carbonyl (C=O) groups excluding carboxylic acids is 2. The Morgan fingerprint density at radius 1 is 1.19 bits per heavy atom. The monoisotopic (exact) mass is 384 g/mol. The molecule has 3 rings (SSSR count). The highest BCUT2D eigenvalue weighted by Gasteiger charge is 2.14. The first-order valence-electron chi connectivity index (χ1n) is 8.52. The van der Waals surface area contributed by atoms with Crippen molar-refractivity contribution in [3.63, 3.8) is 0 Å². The lowest BCUT2D eigenvalue weighted by molar-refractivity contribution is -0.146. The van der Waals surface area contributed by atoms with Crippen molar-refractivity contribution < 1.29 is 18.7 Å². The van der Waals surface area contributed by atoms with E-state index in [0.29, 0.717) is 10.8 Å². The molecule has 1 amide bonds. The molecule has 0 radical (unpaired) electrons. The van der Waals surface area contributed by atoms with E-state index in [1.54, 1.807) is 0 Å². The van der Waals surface area contributed by atoms with E-state index in [0.717, 1.165) is 28.4 Å². The maximum atomic E-state index is 12.0. The number of oxazole rings is 1. The average Bonchev–Trinajstić information content (AvgIpc) is 3.08. The molecule has 0 aliphatic rings.